The second-order valence-corrected chi connectivity index (χ2v) is 4.25. The lowest BCUT2D eigenvalue weighted by Gasteiger charge is -2.21. The van der Waals surface area contributed by atoms with Gasteiger partial charge in [0.1, 0.15) is 0 Å². The number of carbonyl (C=O) groups is 1. The standard InChI is InChI=1S/C9H20N2OS/c1-8(2)11(3)9(12)7-10-5-6-13-4/h8,10H,5-7H2,1-4H3. The molecule has 1 amide bonds. The molecule has 0 aromatic rings. The molecule has 0 saturated carbocycles. The van der Waals surface area contributed by atoms with Crippen molar-refractivity contribution in [1.29, 1.82) is 0 Å². The molecule has 4 heteroatoms. The van der Waals surface area contributed by atoms with Crippen LogP contribution in [-0.2, 0) is 4.79 Å². The van der Waals surface area contributed by atoms with Gasteiger partial charge in [-0.3, -0.25) is 4.79 Å². The SMILES string of the molecule is CSCCNCC(=O)N(C)C(C)C. The van der Waals surface area contributed by atoms with Crippen LogP contribution in [0.25, 0.3) is 0 Å². The van der Waals surface area contributed by atoms with Crippen LogP contribution in [0, 0.1) is 0 Å². The molecule has 0 aliphatic carbocycles. The summed E-state index contributed by atoms with van der Waals surface area (Å²) < 4.78 is 0. The molecule has 0 spiro atoms. The lowest BCUT2D eigenvalue weighted by Crippen LogP contribution is -2.39. The Morgan fingerprint density at radius 1 is 1.54 bits per heavy atom. The summed E-state index contributed by atoms with van der Waals surface area (Å²) in [7, 11) is 1.84. The van der Waals surface area contributed by atoms with Crippen LogP contribution in [0.3, 0.4) is 0 Å². The first-order valence-corrected chi connectivity index (χ1v) is 5.94. The van der Waals surface area contributed by atoms with E-state index < -0.39 is 0 Å². The van der Waals surface area contributed by atoms with Gasteiger partial charge in [0.2, 0.25) is 5.91 Å². The summed E-state index contributed by atoms with van der Waals surface area (Å²) in [4.78, 5) is 13.2. The molecule has 0 rings (SSSR count). The number of amides is 1. The highest BCUT2D eigenvalue weighted by atomic mass is 32.2. The van der Waals surface area contributed by atoms with Gasteiger partial charge >= 0.3 is 0 Å². The van der Waals surface area contributed by atoms with Gasteiger partial charge in [-0.1, -0.05) is 0 Å². The van der Waals surface area contributed by atoms with Crippen molar-refractivity contribution in [2.24, 2.45) is 0 Å². The van der Waals surface area contributed by atoms with Crippen LogP contribution in [0.15, 0.2) is 0 Å². The Hall–Kier alpha value is -0.220. The van der Waals surface area contributed by atoms with Gasteiger partial charge in [-0.15, -0.1) is 0 Å². The molecule has 0 bridgehead atoms. The van der Waals surface area contributed by atoms with Gasteiger partial charge in [0.05, 0.1) is 6.54 Å². The lowest BCUT2D eigenvalue weighted by atomic mass is 10.3. The van der Waals surface area contributed by atoms with Crippen LogP contribution in [0.1, 0.15) is 13.8 Å². The van der Waals surface area contributed by atoms with Crippen molar-refractivity contribution in [3.63, 3.8) is 0 Å². The predicted octanol–water partition coefficient (Wildman–Crippen LogP) is 0.806. The fraction of sp³-hybridized carbons (Fsp3) is 0.889. The van der Waals surface area contributed by atoms with E-state index in [2.05, 4.69) is 11.6 Å². The molecule has 13 heavy (non-hydrogen) atoms. The van der Waals surface area contributed by atoms with E-state index in [1.807, 2.05) is 20.9 Å². The first kappa shape index (κ1) is 12.8. The Balaban J connectivity index is 3.50. The fourth-order valence-corrected chi connectivity index (χ4v) is 1.13. The third-order valence-electron chi connectivity index (χ3n) is 1.93. The van der Waals surface area contributed by atoms with E-state index in [-0.39, 0.29) is 11.9 Å². The molecule has 0 aliphatic rings. The third-order valence-corrected chi connectivity index (χ3v) is 2.54. The van der Waals surface area contributed by atoms with Crippen LogP contribution >= 0.6 is 11.8 Å². The number of carbonyl (C=O) groups excluding carboxylic acids is 1. The second kappa shape index (κ2) is 7.21. The van der Waals surface area contributed by atoms with E-state index in [1.165, 1.54) is 0 Å². The van der Waals surface area contributed by atoms with Gasteiger partial charge in [0.25, 0.3) is 0 Å². The number of nitrogens with zero attached hydrogens (tertiary/aromatic N) is 1. The predicted molar refractivity (Wildman–Crippen MR) is 59.2 cm³/mol. The minimum Gasteiger partial charge on any atom is -0.342 e. The molecule has 1 N–H and O–H groups in total. The maximum Gasteiger partial charge on any atom is 0.236 e. The maximum absolute atomic E-state index is 11.4. The van der Waals surface area contributed by atoms with Gasteiger partial charge in [-0.05, 0) is 20.1 Å². The monoisotopic (exact) mass is 204 g/mol. The van der Waals surface area contributed by atoms with E-state index in [0.717, 1.165) is 12.3 Å². The molecule has 0 saturated heterocycles. The normalized spacial score (nSPS) is 10.5. The molecule has 0 fully saturated rings. The van der Waals surface area contributed by atoms with E-state index in [1.54, 1.807) is 16.7 Å². The highest BCUT2D eigenvalue weighted by Crippen LogP contribution is 1.93. The number of hydrogen-bond donors (Lipinski definition) is 1. The van der Waals surface area contributed by atoms with Gasteiger partial charge < -0.3 is 10.2 Å². The summed E-state index contributed by atoms with van der Waals surface area (Å²) in [5, 5.41) is 3.11. The zero-order valence-corrected chi connectivity index (χ0v) is 9.78. The first-order valence-electron chi connectivity index (χ1n) is 4.55. The average molecular weight is 204 g/mol. The minimum absolute atomic E-state index is 0.163. The molecule has 0 heterocycles. The van der Waals surface area contributed by atoms with E-state index in [0.29, 0.717) is 6.54 Å². The molecule has 0 radical (unpaired) electrons. The Labute approximate surface area is 85.3 Å². The van der Waals surface area contributed by atoms with Crippen LogP contribution in [-0.4, -0.2) is 49.0 Å². The molecule has 0 unspecified atom stereocenters. The second-order valence-electron chi connectivity index (χ2n) is 3.27. The zero-order valence-electron chi connectivity index (χ0n) is 8.96. The molecule has 3 nitrogen and oxygen atoms in total. The van der Waals surface area contributed by atoms with Crippen molar-refractivity contribution in [2.75, 3.05) is 32.1 Å². The molecule has 0 atom stereocenters. The fourth-order valence-electron chi connectivity index (χ4n) is 0.782. The first-order chi connectivity index (χ1) is 6.09. The van der Waals surface area contributed by atoms with Gasteiger partial charge in [0.15, 0.2) is 0 Å². The topological polar surface area (TPSA) is 32.3 Å². The Morgan fingerprint density at radius 3 is 2.62 bits per heavy atom. The molecule has 0 aromatic carbocycles. The Morgan fingerprint density at radius 2 is 2.15 bits per heavy atom. The quantitative estimate of drug-likeness (QED) is 0.650. The number of nitrogens with one attached hydrogen (secondary N) is 1. The van der Waals surface area contributed by atoms with Crippen LogP contribution in [0.2, 0.25) is 0 Å². The summed E-state index contributed by atoms with van der Waals surface area (Å²) in [5.41, 5.74) is 0. The number of rotatable bonds is 6. The van der Waals surface area contributed by atoms with E-state index in [4.69, 9.17) is 0 Å². The number of likely N-dealkylation sites (N-methyl/N-ethyl adjacent to an activating group) is 1. The van der Waals surface area contributed by atoms with E-state index >= 15 is 0 Å². The van der Waals surface area contributed by atoms with Crippen LogP contribution < -0.4 is 5.32 Å². The van der Waals surface area contributed by atoms with Crippen molar-refractivity contribution in [3.8, 4) is 0 Å². The van der Waals surface area contributed by atoms with Crippen molar-refractivity contribution >= 4 is 17.7 Å². The summed E-state index contributed by atoms with van der Waals surface area (Å²) in [6, 6.07) is 0.287. The van der Waals surface area contributed by atoms with Gasteiger partial charge in [-0.25, -0.2) is 0 Å². The number of thioether (sulfide) groups is 1. The highest BCUT2D eigenvalue weighted by molar-refractivity contribution is 7.98. The number of hydrogen-bond acceptors (Lipinski definition) is 3. The summed E-state index contributed by atoms with van der Waals surface area (Å²) in [5.74, 6) is 1.22. The maximum atomic E-state index is 11.4. The van der Waals surface area contributed by atoms with Crippen molar-refractivity contribution < 1.29 is 4.79 Å². The smallest absolute Gasteiger partial charge is 0.236 e. The summed E-state index contributed by atoms with van der Waals surface area (Å²) in [6.45, 7) is 5.38. The lowest BCUT2D eigenvalue weighted by molar-refractivity contribution is -0.130. The molecular formula is C9H20N2OS. The molecule has 0 aromatic heterocycles. The van der Waals surface area contributed by atoms with Crippen molar-refractivity contribution in [2.45, 2.75) is 19.9 Å². The van der Waals surface area contributed by atoms with Gasteiger partial charge in [0, 0.05) is 25.4 Å². The molecule has 0 aliphatic heterocycles. The summed E-state index contributed by atoms with van der Waals surface area (Å²) in [6.07, 6.45) is 2.06. The molecule has 78 valence electrons. The third kappa shape index (κ3) is 5.93. The average Bonchev–Trinajstić information content (AvgIpc) is 2.10. The Kier molecular flexibility index (Phi) is 7.09. The van der Waals surface area contributed by atoms with E-state index in [9.17, 15) is 4.79 Å². The largest absolute Gasteiger partial charge is 0.342 e. The Bertz CT molecular complexity index is 151. The highest BCUT2D eigenvalue weighted by Gasteiger charge is 2.10. The summed E-state index contributed by atoms with van der Waals surface area (Å²) >= 11 is 1.78. The van der Waals surface area contributed by atoms with Crippen molar-refractivity contribution in [1.82, 2.24) is 10.2 Å². The minimum atomic E-state index is 0.163. The van der Waals surface area contributed by atoms with Crippen LogP contribution in [0.4, 0.5) is 0 Å². The zero-order chi connectivity index (χ0) is 10.3. The van der Waals surface area contributed by atoms with Crippen LogP contribution in [0.5, 0.6) is 0 Å². The molecular weight excluding hydrogens is 184 g/mol. The van der Waals surface area contributed by atoms with Crippen molar-refractivity contribution in [3.05, 3.63) is 0 Å². The van der Waals surface area contributed by atoms with Gasteiger partial charge in [-0.2, -0.15) is 11.8 Å².